The van der Waals surface area contributed by atoms with Crippen molar-refractivity contribution in [2.45, 2.75) is 45.1 Å². The van der Waals surface area contributed by atoms with Gasteiger partial charge in [0.05, 0.1) is 11.6 Å². The molecule has 106 valence electrons. The third-order valence-electron chi connectivity index (χ3n) is 5.04. The third-order valence-corrected chi connectivity index (χ3v) is 5.04. The molecule has 1 aromatic heterocycles. The first-order chi connectivity index (χ1) is 9.79. The van der Waals surface area contributed by atoms with E-state index in [2.05, 4.69) is 41.6 Å². The highest BCUT2D eigenvalue weighted by Gasteiger charge is 2.40. The van der Waals surface area contributed by atoms with Crippen molar-refractivity contribution >= 4 is 10.9 Å². The summed E-state index contributed by atoms with van der Waals surface area (Å²) in [5.74, 6) is 5.92. The minimum Gasteiger partial charge on any atom is -0.271 e. The fourth-order valence-corrected chi connectivity index (χ4v) is 3.83. The summed E-state index contributed by atoms with van der Waals surface area (Å²) in [5.41, 5.74) is 5.74. The van der Waals surface area contributed by atoms with Gasteiger partial charge in [0, 0.05) is 11.6 Å². The first-order valence-electron chi connectivity index (χ1n) is 7.60. The quantitative estimate of drug-likeness (QED) is 0.657. The maximum Gasteiger partial charge on any atom is 0.0702 e. The van der Waals surface area contributed by atoms with Crippen LogP contribution in [0.2, 0.25) is 0 Å². The molecule has 20 heavy (non-hydrogen) atoms. The van der Waals surface area contributed by atoms with E-state index in [1.807, 2.05) is 12.3 Å². The number of hydrogen-bond donors (Lipinski definition) is 2. The first-order valence-corrected chi connectivity index (χ1v) is 7.60. The third kappa shape index (κ3) is 2.21. The van der Waals surface area contributed by atoms with Crippen molar-refractivity contribution < 1.29 is 0 Å². The minimum atomic E-state index is 0.236. The number of nitrogens with one attached hydrogen (secondary N) is 1. The normalized spacial score (nSPS) is 19.3. The van der Waals surface area contributed by atoms with Crippen molar-refractivity contribution in [1.82, 2.24) is 10.4 Å². The molecule has 1 heterocycles. The zero-order valence-corrected chi connectivity index (χ0v) is 12.1. The van der Waals surface area contributed by atoms with E-state index in [4.69, 9.17) is 5.84 Å². The van der Waals surface area contributed by atoms with Crippen molar-refractivity contribution in [3.8, 4) is 0 Å². The Balaban J connectivity index is 2.02. The topological polar surface area (TPSA) is 50.9 Å². The molecule has 1 fully saturated rings. The molecule has 2 aromatic rings. The lowest BCUT2D eigenvalue weighted by Crippen LogP contribution is -2.40. The molecule has 0 spiro atoms. The highest BCUT2D eigenvalue weighted by atomic mass is 15.2. The minimum absolute atomic E-state index is 0.236. The number of hydrazine groups is 1. The van der Waals surface area contributed by atoms with E-state index in [1.165, 1.54) is 43.1 Å². The second-order valence-electron chi connectivity index (χ2n) is 5.98. The Kier molecular flexibility index (Phi) is 3.72. The molecule has 0 amide bonds. The SMILES string of the molecule is CCC1(C(NN)c2ccc3ncccc3c2)CCCC1. The van der Waals surface area contributed by atoms with Crippen LogP contribution in [0.15, 0.2) is 36.5 Å². The standard InChI is InChI=1S/C17H23N3/c1-2-17(9-3-4-10-17)16(20-18)14-7-8-15-13(12-14)6-5-11-19-15/h5-8,11-12,16,20H,2-4,9-10,18H2,1H3. The molecule has 1 unspecified atom stereocenters. The monoisotopic (exact) mass is 269 g/mol. The van der Waals surface area contributed by atoms with E-state index in [-0.39, 0.29) is 6.04 Å². The van der Waals surface area contributed by atoms with E-state index in [1.54, 1.807) is 0 Å². The van der Waals surface area contributed by atoms with E-state index < -0.39 is 0 Å². The Hall–Kier alpha value is -1.45. The van der Waals surface area contributed by atoms with Crippen LogP contribution in [0, 0.1) is 5.41 Å². The van der Waals surface area contributed by atoms with Gasteiger partial charge in [-0.15, -0.1) is 0 Å². The number of rotatable bonds is 4. The van der Waals surface area contributed by atoms with Crippen LogP contribution in [0.1, 0.15) is 50.6 Å². The number of nitrogens with two attached hydrogens (primary N) is 1. The maximum absolute atomic E-state index is 5.92. The van der Waals surface area contributed by atoms with Crippen LogP contribution in [0.4, 0.5) is 0 Å². The Morgan fingerprint density at radius 2 is 2.10 bits per heavy atom. The number of fused-ring (bicyclic) bond motifs is 1. The molecule has 1 aliphatic rings. The zero-order chi connectivity index (χ0) is 14.0. The molecule has 3 rings (SSSR count). The second kappa shape index (κ2) is 5.51. The molecular formula is C17H23N3. The Bertz CT molecular complexity index is 588. The van der Waals surface area contributed by atoms with Gasteiger partial charge in [0.2, 0.25) is 0 Å². The molecule has 0 saturated heterocycles. The summed E-state index contributed by atoms with van der Waals surface area (Å²) >= 11 is 0. The highest BCUT2D eigenvalue weighted by molar-refractivity contribution is 5.79. The summed E-state index contributed by atoms with van der Waals surface area (Å²) in [6.07, 6.45) is 8.19. The number of hydrogen-bond acceptors (Lipinski definition) is 3. The molecule has 3 nitrogen and oxygen atoms in total. The van der Waals surface area contributed by atoms with Gasteiger partial charge in [0.25, 0.3) is 0 Å². The number of nitrogens with zero attached hydrogens (tertiary/aromatic N) is 1. The zero-order valence-electron chi connectivity index (χ0n) is 12.1. The fourth-order valence-electron chi connectivity index (χ4n) is 3.83. The van der Waals surface area contributed by atoms with Gasteiger partial charge in [-0.2, -0.15) is 0 Å². The lowest BCUT2D eigenvalue weighted by Gasteiger charge is -2.37. The van der Waals surface area contributed by atoms with Gasteiger partial charge in [0.1, 0.15) is 0 Å². The summed E-state index contributed by atoms with van der Waals surface area (Å²) < 4.78 is 0. The molecule has 0 bridgehead atoms. The molecule has 1 saturated carbocycles. The molecule has 1 atom stereocenters. The summed E-state index contributed by atoms with van der Waals surface area (Å²) in [6.45, 7) is 2.29. The van der Waals surface area contributed by atoms with Crippen LogP contribution < -0.4 is 11.3 Å². The average Bonchev–Trinajstić information content (AvgIpc) is 2.98. The summed E-state index contributed by atoms with van der Waals surface area (Å²) in [6, 6.07) is 10.9. The van der Waals surface area contributed by atoms with Crippen LogP contribution in [0.5, 0.6) is 0 Å². The second-order valence-corrected chi connectivity index (χ2v) is 5.98. The average molecular weight is 269 g/mol. The number of benzene rings is 1. The van der Waals surface area contributed by atoms with Gasteiger partial charge >= 0.3 is 0 Å². The van der Waals surface area contributed by atoms with E-state index in [0.29, 0.717) is 5.41 Å². The van der Waals surface area contributed by atoms with Gasteiger partial charge in [0.15, 0.2) is 0 Å². The Morgan fingerprint density at radius 3 is 2.80 bits per heavy atom. The van der Waals surface area contributed by atoms with Crippen LogP contribution >= 0.6 is 0 Å². The molecule has 1 aromatic carbocycles. The van der Waals surface area contributed by atoms with Crippen molar-refractivity contribution in [1.29, 1.82) is 0 Å². The summed E-state index contributed by atoms with van der Waals surface area (Å²) in [5, 5.41) is 1.19. The van der Waals surface area contributed by atoms with Crippen LogP contribution in [0.25, 0.3) is 10.9 Å². The van der Waals surface area contributed by atoms with Gasteiger partial charge in [-0.1, -0.05) is 31.9 Å². The highest BCUT2D eigenvalue weighted by Crippen LogP contribution is 2.49. The molecule has 3 heteroatoms. The van der Waals surface area contributed by atoms with E-state index in [0.717, 1.165) is 5.52 Å². The predicted octanol–water partition coefficient (Wildman–Crippen LogP) is 3.71. The number of pyridine rings is 1. The van der Waals surface area contributed by atoms with Gasteiger partial charge in [-0.3, -0.25) is 16.3 Å². The molecule has 0 radical (unpaired) electrons. The van der Waals surface area contributed by atoms with Gasteiger partial charge in [-0.05, 0) is 48.4 Å². The van der Waals surface area contributed by atoms with Crippen molar-refractivity contribution in [3.63, 3.8) is 0 Å². The van der Waals surface area contributed by atoms with Gasteiger partial charge < -0.3 is 0 Å². The smallest absolute Gasteiger partial charge is 0.0702 e. The maximum atomic E-state index is 5.92. The summed E-state index contributed by atoms with van der Waals surface area (Å²) in [4.78, 5) is 4.39. The van der Waals surface area contributed by atoms with Crippen molar-refractivity contribution in [3.05, 3.63) is 42.1 Å². The largest absolute Gasteiger partial charge is 0.271 e. The molecular weight excluding hydrogens is 246 g/mol. The predicted molar refractivity (Wildman–Crippen MR) is 83.0 cm³/mol. The molecule has 1 aliphatic carbocycles. The molecule has 3 N–H and O–H groups in total. The van der Waals surface area contributed by atoms with E-state index in [9.17, 15) is 0 Å². The first kappa shape index (κ1) is 13.5. The lowest BCUT2D eigenvalue weighted by molar-refractivity contribution is 0.188. The van der Waals surface area contributed by atoms with Crippen LogP contribution in [0.3, 0.4) is 0 Å². The molecule has 0 aliphatic heterocycles. The Morgan fingerprint density at radius 1 is 1.30 bits per heavy atom. The van der Waals surface area contributed by atoms with Crippen molar-refractivity contribution in [2.75, 3.05) is 0 Å². The van der Waals surface area contributed by atoms with Crippen LogP contribution in [-0.2, 0) is 0 Å². The van der Waals surface area contributed by atoms with Crippen molar-refractivity contribution in [2.24, 2.45) is 11.3 Å². The van der Waals surface area contributed by atoms with Gasteiger partial charge in [-0.25, -0.2) is 0 Å². The Labute approximate surface area is 120 Å². The summed E-state index contributed by atoms with van der Waals surface area (Å²) in [7, 11) is 0. The van der Waals surface area contributed by atoms with E-state index >= 15 is 0 Å². The lowest BCUT2D eigenvalue weighted by atomic mass is 9.73. The number of aromatic nitrogens is 1. The fraction of sp³-hybridized carbons (Fsp3) is 0.471. The van der Waals surface area contributed by atoms with Crippen LogP contribution in [-0.4, -0.2) is 4.98 Å².